The van der Waals surface area contributed by atoms with Crippen molar-refractivity contribution in [3.63, 3.8) is 0 Å². The van der Waals surface area contributed by atoms with Gasteiger partial charge in [0, 0.05) is 5.39 Å². The second kappa shape index (κ2) is 3.49. The molecule has 0 aliphatic rings. The van der Waals surface area contributed by atoms with Gasteiger partial charge in [-0.05, 0) is 37.5 Å². The fraction of sp³-hybridized carbons (Fsp3) is 0.231. The highest BCUT2D eigenvalue weighted by Crippen LogP contribution is 2.22. The summed E-state index contributed by atoms with van der Waals surface area (Å²) in [5.74, 6) is 0. The predicted molar refractivity (Wildman–Crippen MR) is 63.5 cm³/mol. The van der Waals surface area contributed by atoms with Crippen molar-refractivity contribution in [2.24, 2.45) is 0 Å². The van der Waals surface area contributed by atoms with Gasteiger partial charge in [0.25, 0.3) is 5.56 Å². The van der Waals surface area contributed by atoms with Gasteiger partial charge >= 0.3 is 0 Å². The summed E-state index contributed by atoms with van der Waals surface area (Å²) >= 11 is 0. The molecule has 1 aromatic heterocycles. The summed E-state index contributed by atoms with van der Waals surface area (Å²) < 4.78 is 0. The quantitative estimate of drug-likeness (QED) is 0.728. The topological polar surface area (TPSA) is 56.6 Å². The zero-order valence-electron chi connectivity index (χ0n) is 9.51. The lowest BCUT2D eigenvalue weighted by molar-refractivity contribution is 1.21. The van der Waals surface area contributed by atoms with Crippen LogP contribution in [0.1, 0.15) is 22.3 Å². The second-order valence-corrected chi connectivity index (χ2v) is 4.00. The van der Waals surface area contributed by atoms with E-state index >= 15 is 0 Å². The molecule has 0 spiro atoms. The summed E-state index contributed by atoms with van der Waals surface area (Å²) in [7, 11) is 0. The van der Waals surface area contributed by atoms with Crippen molar-refractivity contribution < 1.29 is 0 Å². The Morgan fingerprint density at radius 2 is 1.88 bits per heavy atom. The van der Waals surface area contributed by atoms with E-state index in [9.17, 15) is 4.79 Å². The summed E-state index contributed by atoms with van der Waals surface area (Å²) in [4.78, 5) is 14.5. The molecule has 2 aromatic rings. The Bertz CT molecular complexity index is 675. The molecule has 0 fully saturated rings. The lowest BCUT2D eigenvalue weighted by atomic mass is 10.00. The van der Waals surface area contributed by atoms with Gasteiger partial charge in [-0.25, -0.2) is 0 Å². The van der Waals surface area contributed by atoms with E-state index in [4.69, 9.17) is 5.26 Å². The Morgan fingerprint density at radius 1 is 1.19 bits per heavy atom. The van der Waals surface area contributed by atoms with Crippen LogP contribution in [-0.4, -0.2) is 4.98 Å². The molecule has 0 radical (unpaired) electrons. The third-order valence-corrected chi connectivity index (χ3v) is 3.09. The normalized spacial score (nSPS) is 10.4. The number of hydrogen-bond acceptors (Lipinski definition) is 2. The summed E-state index contributed by atoms with van der Waals surface area (Å²) in [6, 6.07) is 5.90. The Kier molecular flexibility index (Phi) is 2.28. The van der Waals surface area contributed by atoms with Crippen molar-refractivity contribution in [2.45, 2.75) is 20.8 Å². The number of aromatic nitrogens is 1. The van der Waals surface area contributed by atoms with Crippen molar-refractivity contribution in [3.05, 3.63) is 44.7 Å². The highest BCUT2D eigenvalue weighted by Gasteiger charge is 2.10. The monoisotopic (exact) mass is 212 g/mol. The maximum atomic E-state index is 11.7. The van der Waals surface area contributed by atoms with E-state index in [1.165, 1.54) is 0 Å². The highest BCUT2D eigenvalue weighted by molar-refractivity contribution is 5.87. The van der Waals surface area contributed by atoms with Crippen molar-refractivity contribution in [2.75, 3.05) is 0 Å². The molecule has 1 heterocycles. The molecule has 0 aliphatic heterocycles. The number of aryl methyl sites for hydroxylation is 3. The van der Waals surface area contributed by atoms with Crippen molar-refractivity contribution in [1.29, 1.82) is 5.26 Å². The molecule has 3 nitrogen and oxygen atoms in total. The molecule has 3 heteroatoms. The minimum absolute atomic E-state index is 0.204. The van der Waals surface area contributed by atoms with Crippen LogP contribution >= 0.6 is 0 Å². The first kappa shape index (κ1) is 10.4. The number of rotatable bonds is 0. The lowest BCUT2D eigenvalue weighted by Crippen LogP contribution is -2.13. The SMILES string of the molecule is Cc1ccc2c(C)c(C#N)c(=O)[nH]c2c1C. The van der Waals surface area contributed by atoms with Crippen molar-refractivity contribution >= 4 is 10.9 Å². The fourth-order valence-corrected chi connectivity index (χ4v) is 1.91. The van der Waals surface area contributed by atoms with Crippen LogP contribution in [-0.2, 0) is 0 Å². The summed E-state index contributed by atoms with van der Waals surface area (Å²) in [6.45, 7) is 5.78. The first-order chi connectivity index (χ1) is 7.56. The molecule has 1 N–H and O–H groups in total. The molecule has 16 heavy (non-hydrogen) atoms. The number of aromatic amines is 1. The first-order valence-electron chi connectivity index (χ1n) is 5.09. The van der Waals surface area contributed by atoms with Gasteiger partial charge in [0.1, 0.15) is 11.6 Å². The smallest absolute Gasteiger partial charge is 0.266 e. The molecular weight excluding hydrogens is 200 g/mol. The first-order valence-corrected chi connectivity index (χ1v) is 5.09. The molecule has 80 valence electrons. The van der Waals surface area contributed by atoms with E-state index < -0.39 is 0 Å². The fourth-order valence-electron chi connectivity index (χ4n) is 1.91. The van der Waals surface area contributed by atoms with Crippen molar-refractivity contribution in [3.8, 4) is 6.07 Å². The average molecular weight is 212 g/mol. The van der Waals surface area contributed by atoms with Gasteiger partial charge < -0.3 is 4.98 Å². The van der Waals surface area contributed by atoms with Gasteiger partial charge in [-0.15, -0.1) is 0 Å². The van der Waals surface area contributed by atoms with Crippen LogP contribution in [0.5, 0.6) is 0 Å². The third-order valence-electron chi connectivity index (χ3n) is 3.09. The Hall–Kier alpha value is -2.08. The van der Waals surface area contributed by atoms with Crippen LogP contribution in [0.15, 0.2) is 16.9 Å². The van der Waals surface area contributed by atoms with Gasteiger partial charge in [-0.2, -0.15) is 5.26 Å². The summed E-state index contributed by atoms with van der Waals surface area (Å²) in [6.07, 6.45) is 0. The minimum atomic E-state index is -0.304. The van der Waals surface area contributed by atoms with Crippen LogP contribution in [0.25, 0.3) is 10.9 Å². The van der Waals surface area contributed by atoms with E-state index in [0.717, 1.165) is 27.6 Å². The summed E-state index contributed by atoms with van der Waals surface area (Å²) in [5, 5.41) is 9.86. The van der Waals surface area contributed by atoms with Crippen LogP contribution in [0.3, 0.4) is 0 Å². The average Bonchev–Trinajstić information content (AvgIpc) is 2.25. The standard InChI is InChI=1S/C13H12N2O/c1-7-4-5-10-9(3)11(6-14)13(16)15-12(10)8(7)2/h4-5H,1-3H3,(H,15,16). The largest absolute Gasteiger partial charge is 0.321 e. The van der Waals surface area contributed by atoms with E-state index in [0.29, 0.717) is 0 Å². The highest BCUT2D eigenvalue weighted by atomic mass is 16.1. The van der Waals surface area contributed by atoms with Crippen LogP contribution in [0, 0.1) is 32.1 Å². The van der Waals surface area contributed by atoms with E-state index in [1.807, 2.05) is 39.0 Å². The van der Waals surface area contributed by atoms with Gasteiger partial charge in [-0.1, -0.05) is 12.1 Å². The van der Waals surface area contributed by atoms with Gasteiger partial charge in [0.15, 0.2) is 0 Å². The maximum absolute atomic E-state index is 11.7. The molecular formula is C13H12N2O. The van der Waals surface area contributed by atoms with E-state index in [2.05, 4.69) is 4.98 Å². The molecule has 2 rings (SSSR count). The molecule has 0 unspecified atom stereocenters. The molecule has 0 atom stereocenters. The molecule has 0 saturated carbocycles. The second-order valence-electron chi connectivity index (χ2n) is 4.00. The minimum Gasteiger partial charge on any atom is -0.321 e. The number of nitriles is 1. The van der Waals surface area contributed by atoms with E-state index in [1.54, 1.807) is 0 Å². The number of fused-ring (bicyclic) bond motifs is 1. The predicted octanol–water partition coefficient (Wildman–Crippen LogP) is 2.33. The number of hydrogen-bond donors (Lipinski definition) is 1. The molecule has 0 amide bonds. The molecule has 0 aliphatic carbocycles. The number of nitrogens with zero attached hydrogens (tertiary/aromatic N) is 1. The Morgan fingerprint density at radius 3 is 2.50 bits per heavy atom. The third kappa shape index (κ3) is 1.31. The van der Waals surface area contributed by atoms with Gasteiger partial charge in [0.05, 0.1) is 5.52 Å². The van der Waals surface area contributed by atoms with Crippen LogP contribution < -0.4 is 5.56 Å². The zero-order chi connectivity index (χ0) is 11.9. The molecule has 1 aromatic carbocycles. The molecule has 0 bridgehead atoms. The number of benzene rings is 1. The lowest BCUT2D eigenvalue weighted by Gasteiger charge is -2.08. The number of nitrogens with one attached hydrogen (secondary N) is 1. The van der Waals surface area contributed by atoms with Gasteiger partial charge in [0.2, 0.25) is 0 Å². The van der Waals surface area contributed by atoms with Crippen molar-refractivity contribution in [1.82, 2.24) is 4.98 Å². The number of H-pyrrole nitrogens is 1. The van der Waals surface area contributed by atoms with Gasteiger partial charge in [-0.3, -0.25) is 4.79 Å². The maximum Gasteiger partial charge on any atom is 0.266 e. The number of pyridine rings is 1. The summed E-state index contributed by atoms with van der Waals surface area (Å²) in [5.41, 5.74) is 3.68. The van der Waals surface area contributed by atoms with Crippen LogP contribution in [0.2, 0.25) is 0 Å². The Balaban J connectivity index is 3.06. The Labute approximate surface area is 93.3 Å². The van der Waals surface area contributed by atoms with E-state index in [-0.39, 0.29) is 11.1 Å². The van der Waals surface area contributed by atoms with Crippen LogP contribution in [0.4, 0.5) is 0 Å². The molecule has 0 saturated heterocycles. The zero-order valence-corrected chi connectivity index (χ0v) is 9.51.